The number of aromatic nitrogens is 1. The van der Waals surface area contributed by atoms with Crippen molar-refractivity contribution in [2.75, 3.05) is 18.0 Å². The highest BCUT2D eigenvalue weighted by atomic mass is 16.5. The molecule has 3 aromatic rings. The van der Waals surface area contributed by atoms with Crippen LogP contribution < -0.4 is 9.64 Å². The predicted molar refractivity (Wildman–Crippen MR) is 114 cm³/mol. The van der Waals surface area contributed by atoms with Crippen molar-refractivity contribution in [3.05, 3.63) is 52.9 Å². The Morgan fingerprint density at radius 2 is 1.90 bits per heavy atom. The molecule has 1 fully saturated rings. The third kappa shape index (κ3) is 4.20. The maximum absolute atomic E-state index is 9.56. The Balaban J connectivity index is 1.51. The Hall–Kier alpha value is -3.20. The number of hydrogen-bond acceptors (Lipinski definition) is 6. The van der Waals surface area contributed by atoms with Crippen LogP contribution in [0.25, 0.3) is 11.7 Å². The van der Waals surface area contributed by atoms with Gasteiger partial charge in [0, 0.05) is 13.1 Å². The van der Waals surface area contributed by atoms with E-state index < -0.39 is 0 Å². The molecule has 0 amide bonds. The monoisotopic (exact) mass is 405 g/mol. The van der Waals surface area contributed by atoms with Gasteiger partial charge in [0.25, 0.3) is 5.89 Å². The van der Waals surface area contributed by atoms with Crippen LogP contribution in [0.15, 0.2) is 39.2 Å². The summed E-state index contributed by atoms with van der Waals surface area (Å²) in [5.74, 6) is 3.96. The van der Waals surface area contributed by atoms with E-state index in [2.05, 4.69) is 35.9 Å². The normalized spacial score (nSPS) is 19.0. The summed E-state index contributed by atoms with van der Waals surface area (Å²) in [5.41, 5.74) is 2.53. The molecule has 4 rings (SSSR count). The number of rotatable bonds is 5. The highest BCUT2D eigenvalue weighted by molar-refractivity contribution is 5.56. The van der Waals surface area contributed by atoms with Gasteiger partial charge in [-0.05, 0) is 61.4 Å². The Bertz CT molecular complexity index is 1070. The quantitative estimate of drug-likeness (QED) is 0.559. The molecule has 1 saturated heterocycles. The van der Waals surface area contributed by atoms with Crippen molar-refractivity contribution in [3.63, 3.8) is 0 Å². The number of aryl methyl sites for hydroxylation is 2. The first kappa shape index (κ1) is 20.1. The van der Waals surface area contributed by atoms with Crippen molar-refractivity contribution in [3.8, 4) is 23.5 Å². The summed E-state index contributed by atoms with van der Waals surface area (Å²) in [6, 6.07) is 11.9. The lowest BCUT2D eigenvalue weighted by Gasteiger charge is -2.34. The third-order valence-electron chi connectivity index (χ3n) is 5.46. The average Bonchev–Trinajstić information content (AvgIpc) is 3.34. The fourth-order valence-electron chi connectivity index (χ4n) is 4.12. The SMILES string of the molecule is Cc1ccc(C)c(OCc2ccc(-c3nc(C#N)c(N4CC(C)CC(C)C4)o3)o2)c1. The Labute approximate surface area is 177 Å². The molecule has 2 aromatic heterocycles. The summed E-state index contributed by atoms with van der Waals surface area (Å²) in [6.07, 6.45) is 1.18. The van der Waals surface area contributed by atoms with Crippen LogP contribution in [-0.2, 0) is 6.61 Å². The van der Waals surface area contributed by atoms with E-state index in [1.165, 1.54) is 6.42 Å². The molecule has 1 aromatic carbocycles. The molecule has 0 spiro atoms. The molecule has 0 N–H and O–H groups in total. The van der Waals surface area contributed by atoms with Gasteiger partial charge in [0.15, 0.2) is 5.76 Å². The van der Waals surface area contributed by atoms with Gasteiger partial charge >= 0.3 is 0 Å². The van der Waals surface area contributed by atoms with E-state index in [0.717, 1.165) is 30.0 Å². The molecule has 0 radical (unpaired) electrons. The number of furan rings is 1. The van der Waals surface area contributed by atoms with Crippen molar-refractivity contribution in [2.45, 2.75) is 40.7 Å². The van der Waals surface area contributed by atoms with E-state index >= 15 is 0 Å². The fourth-order valence-corrected chi connectivity index (χ4v) is 4.12. The van der Waals surface area contributed by atoms with Gasteiger partial charge in [-0.15, -0.1) is 0 Å². The van der Waals surface area contributed by atoms with Gasteiger partial charge < -0.3 is 18.5 Å². The number of oxazole rings is 1. The summed E-state index contributed by atoms with van der Waals surface area (Å²) < 4.78 is 17.8. The van der Waals surface area contributed by atoms with Gasteiger partial charge in [-0.2, -0.15) is 10.2 Å². The summed E-state index contributed by atoms with van der Waals surface area (Å²) in [6.45, 7) is 10.5. The van der Waals surface area contributed by atoms with E-state index in [0.29, 0.717) is 47.4 Å². The summed E-state index contributed by atoms with van der Waals surface area (Å²) in [4.78, 5) is 6.50. The molecule has 6 nitrogen and oxygen atoms in total. The molecule has 0 aliphatic carbocycles. The van der Waals surface area contributed by atoms with Crippen molar-refractivity contribution >= 4 is 5.88 Å². The number of nitrogens with zero attached hydrogens (tertiary/aromatic N) is 3. The summed E-state index contributed by atoms with van der Waals surface area (Å²) in [5, 5.41) is 9.56. The van der Waals surface area contributed by atoms with Gasteiger partial charge in [-0.1, -0.05) is 26.0 Å². The van der Waals surface area contributed by atoms with Crippen LogP contribution in [0.2, 0.25) is 0 Å². The molecule has 3 heterocycles. The lowest BCUT2D eigenvalue weighted by Crippen LogP contribution is -2.38. The van der Waals surface area contributed by atoms with Crippen LogP contribution in [0.4, 0.5) is 5.88 Å². The molecule has 1 aliphatic heterocycles. The molecule has 30 heavy (non-hydrogen) atoms. The van der Waals surface area contributed by atoms with E-state index in [1.807, 2.05) is 32.0 Å². The highest BCUT2D eigenvalue weighted by Gasteiger charge is 2.28. The number of hydrogen-bond donors (Lipinski definition) is 0. The molecule has 0 saturated carbocycles. The van der Waals surface area contributed by atoms with Gasteiger partial charge in [-0.25, -0.2) is 0 Å². The van der Waals surface area contributed by atoms with E-state index in [-0.39, 0.29) is 0 Å². The van der Waals surface area contributed by atoms with Crippen molar-refractivity contribution in [1.82, 2.24) is 4.98 Å². The second kappa shape index (κ2) is 8.27. The number of piperidine rings is 1. The highest BCUT2D eigenvalue weighted by Crippen LogP contribution is 2.33. The van der Waals surface area contributed by atoms with Crippen LogP contribution in [-0.4, -0.2) is 18.1 Å². The Morgan fingerprint density at radius 3 is 2.63 bits per heavy atom. The molecule has 6 heteroatoms. The second-order valence-corrected chi connectivity index (χ2v) is 8.46. The van der Waals surface area contributed by atoms with E-state index in [1.54, 1.807) is 6.07 Å². The van der Waals surface area contributed by atoms with Crippen LogP contribution >= 0.6 is 0 Å². The lowest BCUT2D eigenvalue weighted by atomic mass is 9.92. The minimum Gasteiger partial charge on any atom is -0.485 e. The maximum atomic E-state index is 9.56. The Kier molecular flexibility index (Phi) is 5.54. The van der Waals surface area contributed by atoms with Gasteiger partial charge in [0.1, 0.15) is 24.2 Å². The second-order valence-electron chi connectivity index (χ2n) is 8.46. The fraction of sp³-hybridized carbons (Fsp3) is 0.417. The molecular formula is C24H27N3O3. The lowest BCUT2D eigenvalue weighted by molar-refractivity contribution is 0.269. The number of anilines is 1. The molecule has 2 unspecified atom stereocenters. The van der Waals surface area contributed by atoms with Crippen LogP contribution in [0.5, 0.6) is 5.75 Å². The zero-order chi connectivity index (χ0) is 21.3. The zero-order valence-corrected chi connectivity index (χ0v) is 17.9. The van der Waals surface area contributed by atoms with Gasteiger partial charge in [0.2, 0.25) is 11.6 Å². The molecular weight excluding hydrogens is 378 g/mol. The largest absolute Gasteiger partial charge is 0.485 e. The molecule has 0 bridgehead atoms. The maximum Gasteiger partial charge on any atom is 0.266 e. The van der Waals surface area contributed by atoms with E-state index in [4.69, 9.17) is 13.6 Å². The Morgan fingerprint density at radius 1 is 1.13 bits per heavy atom. The van der Waals surface area contributed by atoms with Crippen LogP contribution in [0.1, 0.15) is 42.8 Å². The number of nitriles is 1. The van der Waals surface area contributed by atoms with Crippen LogP contribution in [0, 0.1) is 37.0 Å². The first-order chi connectivity index (χ1) is 14.4. The van der Waals surface area contributed by atoms with Crippen LogP contribution in [0.3, 0.4) is 0 Å². The van der Waals surface area contributed by atoms with Gasteiger partial charge in [-0.3, -0.25) is 0 Å². The first-order valence-corrected chi connectivity index (χ1v) is 10.4. The molecule has 2 atom stereocenters. The summed E-state index contributed by atoms with van der Waals surface area (Å²) >= 11 is 0. The predicted octanol–water partition coefficient (Wildman–Crippen LogP) is 5.48. The van der Waals surface area contributed by atoms with Crippen molar-refractivity contribution in [2.24, 2.45) is 11.8 Å². The minimum atomic E-state index is 0.302. The molecule has 1 aliphatic rings. The smallest absolute Gasteiger partial charge is 0.266 e. The first-order valence-electron chi connectivity index (χ1n) is 10.4. The standard InChI is InChI=1S/C24H27N3O3/c1-15-5-6-18(4)22(10-15)28-14-19-7-8-21(29-19)23-26-20(11-25)24(30-23)27-12-16(2)9-17(3)13-27/h5-8,10,16-17H,9,12-14H2,1-4H3. The number of ether oxygens (including phenoxy) is 1. The van der Waals surface area contributed by atoms with Gasteiger partial charge in [0.05, 0.1) is 0 Å². The minimum absolute atomic E-state index is 0.302. The molecule has 156 valence electrons. The number of benzene rings is 1. The van der Waals surface area contributed by atoms with Crippen molar-refractivity contribution < 1.29 is 13.6 Å². The summed E-state index contributed by atoms with van der Waals surface area (Å²) in [7, 11) is 0. The van der Waals surface area contributed by atoms with E-state index in [9.17, 15) is 5.26 Å². The third-order valence-corrected chi connectivity index (χ3v) is 5.46. The van der Waals surface area contributed by atoms with Crippen molar-refractivity contribution in [1.29, 1.82) is 5.26 Å². The topological polar surface area (TPSA) is 75.4 Å². The zero-order valence-electron chi connectivity index (χ0n) is 17.9. The average molecular weight is 405 g/mol.